The van der Waals surface area contributed by atoms with Gasteiger partial charge in [-0.1, -0.05) is 165 Å². The first-order chi connectivity index (χ1) is 29.4. The summed E-state index contributed by atoms with van der Waals surface area (Å²) in [6.07, 6.45) is 30.2. The number of hydrogen-bond donors (Lipinski definition) is 6. The van der Waals surface area contributed by atoms with Crippen molar-refractivity contribution in [3.05, 3.63) is 48.6 Å². The summed E-state index contributed by atoms with van der Waals surface area (Å²) in [5.74, 6) is -1.11. The summed E-state index contributed by atoms with van der Waals surface area (Å²) in [6.45, 7) is 3.17. The number of aliphatic hydroxyl groups excluding tert-OH is 5. The zero-order chi connectivity index (χ0) is 45.0. The van der Waals surface area contributed by atoms with E-state index < -0.39 is 75.7 Å². The first-order valence-electron chi connectivity index (χ1n) is 23.4. The number of phosphoric ester groups is 1. The Kier molecular flexibility index (Phi) is 34.7. The Morgan fingerprint density at radius 3 is 1.43 bits per heavy atom. The summed E-state index contributed by atoms with van der Waals surface area (Å²) in [5, 5.41) is 50.1. The Hall–Kier alpha value is -2.19. The first kappa shape index (κ1) is 56.8. The predicted octanol–water partition coefficient (Wildman–Crippen LogP) is 9.17. The van der Waals surface area contributed by atoms with Crippen LogP contribution in [0.1, 0.15) is 181 Å². The molecule has 6 unspecified atom stereocenters. The molecule has 0 aromatic heterocycles. The molecule has 1 fully saturated rings. The largest absolute Gasteiger partial charge is 0.472 e. The van der Waals surface area contributed by atoms with Gasteiger partial charge in [0.05, 0.1) is 6.61 Å². The van der Waals surface area contributed by atoms with Crippen LogP contribution in [0.15, 0.2) is 48.6 Å². The standard InChI is InChI=1S/C47H83O13P/c1-3-5-7-9-11-13-15-17-18-19-20-21-22-24-25-27-29-31-33-35-40(48)57-37-39(38-58-61(55,56)60-47-45(53)43(51)42(50)44(52)46(47)54)59-41(49)36-34-32-30-28-26-23-16-14-12-10-8-6-4-2/h5,7,11,13,17-18,20-21,39,42-47,50-54H,3-4,6,8-10,12,14-16,19,22-38H2,1-2H3,(H,55,56)/b7-5-,13-11-,18-17-,21-20-/t39-,42?,43-,44?,45?,46?,47?/m1/s1. The Balaban J connectivity index is 2.44. The number of hydrogen-bond acceptors (Lipinski definition) is 12. The average molecular weight is 887 g/mol. The molecule has 1 saturated carbocycles. The van der Waals surface area contributed by atoms with E-state index in [2.05, 4.69) is 62.5 Å². The van der Waals surface area contributed by atoms with Crippen molar-refractivity contribution in [3.63, 3.8) is 0 Å². The van der Waals surface area contributed by atoms with Gasteiger partial charge < -0.3 is 39.9 Å². The molecule has 354 valence electrons. The second-order valence-corrected chi connectivity index (χ2v) is 17.6. The van der Waals surface area contributed by atoms with Crippen molar-refractivity contribution in [3.8, 4) is 0 Å². The first-order valence-corrected chi connectivity index (χ1v) is 24.9. The molecule has 1 aliphatic rings. The van der Waals surface area contributed by atoms with Gasteiger partial charge in [0, 0.05) is 12.8 Å². The van der Waals surface area contributed by atoms with Gasteiger partial charge >= 0.3 is 19.8 Å². The maximum Gasteiger partial charge on any atom is 0.472 e. The molecule has 0 saturated heterocycles. The van der Waals surface area contributed by atoms with E-state index in [1.807, 2.05) is 0 Å². The Morgan fingerprint density at radius 1 is 0.525 bits per heavy atom. The monoisotopic (exact) mass is 887 g/mol. The number of aliphatic hydroxyl groups is 5. The van der Waals surface area contributed by atoms with Crippen molar-refractivity contribution >= 4 is 19.8 Å². The molecule has 61 heavy (non-hydrogen) atoms. The van der Waals surface area contributed by atoms with E-state index in [1.54, 1.807) is 0 Å². The molecular weight excluding hydrogens is 803 g/mol. The molecule has 8 atom stereocenters. The average Bonchev–Trinajstić information content (AvgIpc) is 3.24. The summed E-state index contributed by atoms with van der Waals surface area (Å²) >= 11 is 0. The van der Waals surface area contributed by atoms with Crippen LogP contribution in [0.5, 0.6) is 0 Å². The van der Waals surface area contributed by atoms with E-state index in [-0.39, 0.29) is 12.8 Å². The maximum absolute atomic E-state index is 12.8. The number of carbonyl (C=O) groups is 2. The molecule has 0 heterocycles. The molecule has 1 rings (SSSR count). The minimum atomic E-state index is -5.12. The quantitative estimate of drug-likeness (QED) is 0.0148. The fourth-order valence-corrected chi connectivity index (χ4v) is 7.90. The summed E-state index contributed by atoms with van der Waals surface area (Å²) in [6, 6.07) is 0. The van der Waals surface area contributed by atoms with Gasteiger partial charge in [-0.3, -0.25) is 18.6 Å². The van der Waals surface area contributed by atoms with Gasteiger partial charge in [-0.25, -0.2) is 4.57 Å². The third-order valence-corrected chi connectivity index (χ3v) is 11.7. The van der Waals surface area contributed by atoms with E-state index in [9.17, 15) is 44.6 Å². The number of carbonyl (C=O) groups excluding carboxylic acids is 2. The molecule has 1 aliphatic carbocycles. The zero-order valence-electron chi connectivity index (χ0n) is 37.4. The van der Waals surface area contributed by atoms with Crippen LogP contribution < -0.4 is 0 Å². The molecule has 13 nitrogen and oxygen atoms in total. The molecule has 6 N–H and O–H groups in total. The maximum atomic E-state index is 12.8. The van der Waals surface area contributed by atoms with Crippen LogP contribution in [0.3, 0.4) is 0 Å². The lowest BCUT2D eigenvalue weighted by molar-refractivity contribution is -0.220. The van der Waals surface area contributed by atoms with E-state index in [4.69, 9.17) is 18.5 Å². The van der Waals surface area contributed by atoms with Crippen LogP contribution in [-0.4, -0.2) is 98.3 Å². The number of ether oxygens (including phenoxy) is 2. The Morgan fingerprint density at radius 2 is 0.934 bits per heavy atom. The van der Waals surface area contributed by atoms with Crippen LogP contribution in [0.2, 0.25) is 0 Å². The SMILES string of the molecule is CC/C=C\C/C=C\C/C=C\C/C=C\CCCCCCCCC(=O)OC[C@H](COP(=O)(O)OC1C(O)C(O)C(O)[C@@H](O)C1O)OC(=O)CCCCCCCCCCCCCCC. The van der Waals surface area contributed by atoms with Gasteiger partial charge in [0.1, 0.15) is 43.2 Å². The highest BCUT2D eigenvalue weighted by molar-refractivity contribution is 7.47. The number of esters is 2. The molecule has 14 heteroatoms. The van der Waals surface area contributed by atoms with Gasteiger partial charge in [0.2, 0.25) is 0 Å². The Bertz CT molecular complexity index is 1250. The van der Waals surface area contributed by atoms with Crippen molar-refractivity contribution in [1.82, 2.24) is 0 Å². The van der Waals surface area contributed by atoms with Crippen LogP contribution in [0.25, 0.3) is 0 Å². The minimum absolute atomic E-state index is 0.0947. The fourth-order valence-electron chi connectivity index (χ4n) is 6.93. The van der Waals surface area contributed by atoms with Crippen molar-refractivity contribution in [2.45, 2.75) is 224 Å². The molecule has 0 amide bonds. The van der Waals surface area contributed by atoms with Crippen LogP contribution in [0, 0.1) is 0 Å². The zero-order valence-corrected chi connectivity index (χ0v) is 38.3. The summed E-state index contributed by atoms with van der Waals surface area (Å²) < 4.78 is 33.5. The van der Waals surface area contributed by atoms with Crippen molar-refractivity contribution in [1.29, 1.82) is 0 Å². The normalized spacial score (nSPS) is 22.4. The second-order valence-electron chi connectivity index (χ2n) is 16.2. The lowest BCUT2D eigenvalue weighted by Gasteiger charge is -2.41. The highest BCUT2D eigenvalue weighted by atomic mass is 31.2. The van der Waals surface area contributed by atoms with Gasteiger partial charge in [0.25, 0.3) is 0 Å². The molecule has 0 aromatic carbocycles. The molecule has 0 aliphatic heterocycles. The third-order valence-electron chi connectivity index (χ3n) is 10.7. The second kappa shape index (κ2) is 37.2. The minimum Gasteiger partial charge on any atom is -0.462 e. The lowest BCUT2D eigenvalue weighted by Crippen LogP contribution is -2.64. The predicted molar refractivity (Wildman–Crippen MR) is 239 cm³/mol. The fraction of sp³-hybridized carbons (Fsp3) is 0.787. The number of allylic oxidation sites excluding steroid dienone is 8. The molecule has 0 spiro atoms. The van der Waals surface area contributed by atoms with E-state index in [0.29, 0.717) is 12.8 Å². The van der Waals surface area contributed by atoms with Crippen molar-refractivity contribution in [2.24, 2.45) is 0 Å². The lowest BCUT2D eigenvalue weighted by atomic mass is 9.85. The smallest absolute Gasteiger partial charge is 0.462 e. The number of phosphoric acid groups is 1. The van der Waals surface area contributed by atoms with Crippen LogP contribution in [0.4, 0.5) is 0 Å². The van der Waals surface area contributed by atoms with Gasteiger partial charge in [-0.15, -0.1) is 0 Å². The van der Waals surface area contributed by atoms with Gasteiger partial charge in [0.15, 0.2) is 6.10 Å². The van der Waals surface area contributed by atoms with Crippen LogP contribution in [-0.2, 0) is 32.7 Å². The van der Waals surface area contributed by atoms with E-state index in [0.717, 1.165) is 89.9 Å². The Labute approximate surface area is 367 Å². The number of rotatable bonds is 38. The molecule has 0 radical (unpaired) electrons. The van der Waals surface area contributed by atoms with E-state index in [1.165, 1.54) is 51.4 Å². The van der Waals surface area contributed by atoms with Crippen molar-refractivity contribution < 1.29 is 63.1 Å². The van der Waals surface area contributed by atoms with Crippen LogP contribution >= 0.6 is 7.82 Å². The van der Waals surface area contributed by atoms with Gasteiger partial charge in [-0.2, -0.15) is 0 Å². The summed E-state index contributed by atoms with van der Waals surface area (Å²) in [4.78, 5) is 35.7. The molecular formula is C47H83O13P. The third kappa shape index (κ3) is 29.7. The number of unbranched alkanes of at least 4 members (excludes halogenated alkanes) is 18. The van der Waals surface area contributed by atoms with Crippen molar-refractivity contribution in [2.75, 3.05) is 13.2 Å². The summed E-state index contributed by atoms with van der Waals surface area (Å²) in [7, 11) is -5.12. The molecule has 0 aromatic rings. The van der Waals surface area contributed by atoms with Gasteiger partial charge in [-0.05, 0) is 51.4 Å². The molecule has 0 bridgehead atoms. The van der Waals surface area contributed by atoms with E-state index >= 15 is 0 Å². The topological polar surface area (TPSA) is 210 Å². The highest BCUT2D eigenvalue weighted by Gasteiger charge is 2.51. The summed E-state index contributed by atoms with van der Waals surface area (Å²) in [5.41, 5.74) is 0. The highest BCUT2D eigenvalue weighted by Crippen LogP contribution is 2.47.